The van der Waals surface area contributed by atoms with E-state index in [9.17, 15) is 0 Å². The van der Waals surface area contributed by atoms with E-state index < -0.39 is 0 Å². The van der Waals surface area contributed by atoms with Gasteiger partial charge in [-0.1, -0.05) is 41.9 Å². The second-order valence-corrected chi connectivity index (χ2v) is 4.78. The molecule has 0 N–H and O–H groups in total. The van der Waals surface area contributed by atoms with E-state index in [1.54, 1.807) is 6.07 Å². The number of hydrogen-bond donors (Lipinski definition) is 0. The van der Waals surface area contributed by atoms with Crippen LogP contribution in [-0.4, -0.2) is 16.1 Å². The van der Waals surface area contributed by atoms with Crippen LogP contribution in [0.2, 0.25) is 5.15 Å². The van der Waals surface area contributed by atoms with Crippen molar-refractivity contribution in [1.29, 1.82) is 0 Å². The summed E-state index contributed by atoms with van der Waals surface area (Å²) < 4.78 is 5.76. The Bertz CT molecular complexity index is 541. The minimum atomic E-state index is 0.291. The van der Waals surface area contributed by atoms with Gasteiger partial charge in [-0.2, -0.15) is 4.98 Å². The Labute approximate surface area is 111 Å². The number of halogens is 1. The second kappa shape index (κ2) is 4.94. The summed E-state index contributed by atoms with van der Waals surface area (Å²) in [5.74, 6) is 1.18. The summed E-state index contributed by atoms with van der Waals surface area (Å²) >= 11 is 6.01. The zero-order valence-corrected chi connectivity index (χ0v) is 10.6. The Morgan fingerprint density at radius 3 is 2.56 bits per heavy atom. The van der Waals surface area contributed by atoms with Gasteiger partial charge in [0, 0.05) is 11.6 Å². The number of benzene rings is 1. The van der Waals surface area contributed by atoms with E-state index in [2.05, 4.69) is 9.97 Å². The molecule has 0 unspecified atom stereocenters. The lowest BCUT2D eigenvalue weighted by atomic mass is 9.96. The molecule has 2 aromatic rings. The number of rotatable bonds is 3. The van der Waals surface area contributed by atoms with Gasteiger partial charge < -0.3 is 4.74 Å². The lowest BCUT2D eigenvalue weighted by molar-refractivity contribution is 0.114. The zero-order valence-electron chi connectivity index (χ0n) is 9.84. The highest BCUT2D eigenvalue weighted by atomic mass is 35.5. The standard InChI is InChI=1S/C14H13ClN2O/c15-12-9-13(18-11-7-4-8-11)17-14(16-12)10-5-2-1-3-6-10/h1-3,5-6,9,11H,4,7-8H2. The predicted octanol–water partition coefficient (Wildman–Crippen LogP) is 3.73. The van der Waals surface area contributed by atoms with Crippen molar-refractivity contribution in [1.82, 2.24) is 9.97 Å². The van der Waals surface area contributed by atoms with E-state index in [1.807, 2.05) is 30.3 Å². The second-order valence-electron chi connectivity index (χ2n) is 4.39. The van der Waals surface area contributed by atoms with Crippen LogP contribution in [0.5, 0.6) is 5.88 Å². The largest absolute Gasteiger partial charge is 0.474 e. The Morgan fingerprint density at radius 1 is 1.11 bits per heavy atom. The Morgan fingerprint density at radius 2 is 1.89 bits per heavy atom. The molecule has 0 amide bonds. The highest BCUT2D eigenvalue weighted by Gasteiger charge is 2.20. The van der Waals surface area contributed by atoms with Crippen LogP contribution in [0.1, 0.15) is 19.3 Å². The molecule has 4 heteroatoms. The van der Waals surface area contributed by atoms with Gasteiger partial charge >= 0.3 is 0 Å². The van der Waals surface area contributed by atoms with E-state index in [4.69, 9.17) is 16.3 Å². The zero-order chi connectivity index (χ0) is 12.4. The fourth-order valence-electron chi connectivity index (χ4n) is 1.83. The van der Waals surface area contributed by atoms with Gasteiger partial charge in [0.1, 0.15) is 11.3 Å². The van der Waals surface area contributed by atoms with Crippen LogP contribution in [0.4, 0.5) is 0 Å². The van der Waals surface area contributed by atoms with Gasteiger partial charge in [-0.15, -0.1) is 0 Å². The molecule has 1 fully saturated rings. The molecule has 0 atom stereocenters. The molecule has 1 aliphatic carbocycles. The molecule has 1 aliphatic rings. The van der Waals surface area contributed by atoms with Crippen LogP contribution in [0.3, 0.4) is 0 Å². The fraction of sp³-hybridized carbons (Fsp3) is 0.286. The molecule has 1 heterocycles. The molecular weight excluding hydrogens is 248 g/mol. The fourth-order valence-corrected chi connectivity index (χ4v) is 2.01. The minimum Gasteiger partial charge on any atom is -0.474 e. The predicted molar refractivity (Wildman–Crippen MR) is 70.7 cm³/mol. The third-order valence-corrected chi connectivity index (χ3v) is 3.24. The van der Waals surface area contributed by atoms with Crippen LogP contribution in [0.25, 0.3) is 11.4 Å². The summed E-state index contributed by atoms with van der Waals surface area (Å²) in [5.41, 5.74) is 0.943. The van der Waals surface area contributed by atoms with Crippen molar-refractivity contribution < 1.29 is 4.74 Å². The number of hydrogen-bond acceptors (Lipinski definition) is 3. The summed E-state index contributed by atoms with van der Waals surface area (Å²) in [6.07, 6.45) is 3.72. The molecule has 92 valence electrons. The van der Waals surface area contributed by atoms with Gasteiger partial charge in [0.05, 0.1) is 0 Å². The molecule has 1 saturated carbocycles. The first-order valence-electron chi connectivity index (χ1n) is 6.08. The molecule has 1 aromatic carbocycles. The average molecular weight is 261 g/mol. The SMILES string of the molecule is Clc1cc(OC2CCC2)nc(-c2ccccc2)n1. The number of nitrogens with zero attached hydrogens (tertiary/aromatic N) is 2. The molecular formula is C14H13ClN2O. The maximum atomic E-state index is 6.01. The highest BCUT2D eigenvalue weighted by molar-refractivity contribution is 6.29. The molecule has 1 aromatic heterocycles. The van der Waals surface area contributed by atoms with Crippen molar-refractivity contribution in [2.75, 3.05) is 0 Å². The molecule has 18 heavy (non-hydrogen) atoms. The summed E-state index contributed by atoms with van der Waals surface area (Å²) in [6.45, 7) is 0. The molecule has 0 saturated heterocycles. The summed E-state index contributed by atoms with van der Waals surface area (Å²) in [4.78, 5) is 8.64. The van der Waals surface area contributed by atoms with Crippen molar-refractivity contribution in [2.45, 2.75) is 25.4 Å². The van der Waals surface area contributed by atoms with Crippen LogP contribution < -0.4 is 4.74 Å². The van der Waals surface area contributed by atoms with Crippen LogP contribution in [-0.2, 0) is 0 Å². The monoisotopic (exact) mass is 260 g/mol. The van der Waals surface area contributed by atoms with Gasteiger partial charge in [0.2, 0.25) is 5.88 Å². The van der Waals surface area contributed by atoms with E-state index >= 15 is 0 Å². The van der Waals surface area contributed by atoms with Crippen molar-refractivity contribution in [3.05, 3.63) is 41.6 Å². The average Bonchev–Trinajstić information content (AvgIpc) is 2.34. The minimum absolute atomic E-state index is 0.291. The molecule has 3 nitrogen and oxygen atoms in total. The van der Waals surface area contributed by atoms with E-state index in [1.165, 1.54) is 6.42 Å². The Kier molecular flexibility index (Phi) is 3.15. The number of aromatic nitrogens is 2. The maximum absolute atomic E-state index is 6.01. The Hall–Kier alpha value is -1.61. The van der Waals surface area contributed by atoms with Crippen molar-refractivity contribution in [2.24, 2.45) is 0 Å². The van der Waals surface area contributed by atoms with Gasteiger partial charge in [-0.3, -0.25) is 0 Å². The highest BCUT2D eigenvalue weighted by Crippen LogP contribution is 2.27. The lowest BCUT2D eigenvalue weighted by Gasteiger charge is -2.25. The van der Waals surface area contributed by atoms with Gasteiger partial charge in [0.15, 0.2) is 5.82 Å². The van der Waals surface area contributed by atoms with Crippen molar-refractivity contribution >= 4 is 11.6 Å². The molecule has 0 radical (unpaired) electrons. The van der Waals surface area contributed by atoms with E-state index in [-0.39, 0.29) is 0 Å². The van der Waals surface area contributed by atoms with Gasteiger partial charge in [-0.05, 0) is 19.3 Å². The van der Waals surface area contributed by atoms with E-state index in [0.717, 1.165) is 18.4 Å². The van der Waals surface area contributed by atoms with Crippen LogP contribution in [0.15, 0.2) is 36.4 Å². The summed E-state index contributed by atoms with van der Waals surface area (Å²) in [7, 11) is 0. The first-order valence-corrected chi connectivity index (χ1v) is 6.46. The van der Waals surface area contributed by atoms with Crippen LogP contribution >= 0.6 is 11.6 Å². The van der Waals surface area contributed by atoms with Gasteiger partial charge in [0.25, 0.3) is 0 Å². The summed E-state index contributed by atoms with van der Waals surface area (Å²) in [6, 6.07) is 11.4. The van der Waals surface area contributed by atoms with Gasteiger partial charge in [-0.25, -0.2) is 4.98 Å². The lowest BCUT2D eigenvalue weighted by Crippen LogP contribution is -2.25. The molecule has 0 bridgehead atoms. The normalized spacial score (nSPS) is 15.2. The maximum Gasteiger partial charge on any atom is 0.218 e. The van der Waals surface area contributed by atoms with Crippen LogP contribution in [0, 0.1) is 0 Å². The molecule has 0 aliphatic heterocycles. The third kappa shape index (κ3) is 2.46. The van der Waals surface area contributed by atoms with Crippen molar-refractivity contribution in [3.63, 3.8) is 0 Å². The topological polar surface area (TPSA) is 35.0 Å². The smallest absolute Gasteiger partial charge is 0.218 e. The Balaban J connectivity index is 1.90. The van der Waals surface area contributed by atoms with E-state index in [0.29, 0.717) is 23.0 Å². The third-order valence-electron chi connectivity index (χ3n) is 3.04. The van der Waals surface area contributed by atoms with Crippen molar-refractivity contribution in [3.8, 4) is 17.3 Å². The molecule has 3 rings (SSSR count). The number of ether oxygens (including phenoxy) is 1. The summed E-state index contributed by atoms with van der Waals surface area (Å²) in [5, 5.41) is 0.415. The first-order chi connectivity index (χ1) is 8.81. The first kappa shape index (κ1) is 11.5. The quantitative estimate of drug-likeness (QED) is 0.789. The molecule has 0 spiro atoms.